The molecule has 0 saturated heterocycles. The van der Waals surface area contributed by atoms with E-state index in [1.807, 2.05) is 13.0 Å². The molecule has 3 aromatic rings. The summed E-state index contributed by atoms with van der Waals surface area (Å²) in [5.41, 5.74) is 2.86. The third-order valence-electron chi connectivity index (χ3n) is 4.03. The Kier molecular flexibility index (Phi) is 4.83. The van der Waals surface area contributed by atoms with Crippen molar-refractivity contribution in [3.8, 4) is 23.5 Å². The van der Waals surface area contributed by atoms with Crippen molar-refractivity contribution in [3.63, 3.8) is 0 Å². The highest BCUT2D eigenvalue weighted by Crippen LogP contribution is 2.30. The van der Waals surface area contributed by atoms with Gasteiger partial charge < -0.3 is 4.42 Å². The van der Waals surface area contributed by atoms with Crippen molar-refractivity contribution in [2.45, 2.75) is 6.92 Å². The molecule has 0 radical (unpaired) electrons. The highest BCUT2D eigenvalue weighted by molar-refractivity contribution is 5.89. The van der Waals surface area contributed by atoms with E-state index in [4.69, 9.17) is 9.68 Å². The van der Waals surface area contributed by atoms with Crippen LogP contribution in [0, 0.1) is 39.7 Å². The first-order valence-electron chi connectivity index (χ1n) is 7.99. The van der Waals surface area contributed by atoms with Crippen LogP contribution >= 0.6 is 0 Å². The number of nitrogens with zero attached hydrogens (tertiary/aromatic N) is 3. The molecule has 0 saturated carbocycles. The highest BCUT2D eigenvalue weighted by atomic mass is 16.6. The summed E-state index contributed by atoms with van der Waals surface area (Å²) in [6, 6.07) is 18.9. The number of nitro groups is 1. The Morgan fingerprint density at radius 2 is 1.96 bits per heavy atom. The van der Waals surface area contributed by atoms with Gasteiger partial charge in [0.1, 0.15) is 11.5 Å². The van der Waals surface area contributed by atoms with E-state index in [2.05, 4.69) is 6.07 Å². The molecule has 0 fully saturated rings. The van der Waals surface area contributed by atoms with E-state index in [0.717, 1.165) is 5.56 Å². The van der Waals surface area contributed by atoms with Crippen LogP contribution in [0.5, 0.6) is 0 Å². The molecule has 0 bridgehead atoms. The molecule has 0 amide bonds. The lowest BCUT2D eigenvalue weighted by atomic mass is 10.0. The van der Waals surface area contributed by atoms with Gasteiger partial charge in [-0.3, -0.25) is 10.1 Å². The molecular formula is C21H13N3O3. The Balaban J connectivity index is 1.99. The molecule has 6 nitrogen and oxygen atoms in total. The van der Waals surface area contributed by atoms with Gasteiger partial charge in [-0.25, -0.2) is 0 Å². The summed E-state index contributed by atoms with van der Waals surface area (Å²) in [6.45, 7) is 1.84. The van der Waals surface area contributed by atoms with E-state index in [9.17, 15) is 15.4 Å². The van der Waals surface area contributed by atoms with Crippen molar-refractivity contribution in [2.75, 3.05) is 0 Å². The first-order chi connectivity index (χ1) is 13.0. The number of furan rings is 1. The summed E-state index contributed by atoms with van der Waals surface area (Å²) in [6.07, 6.45) is 1.58. The van der Waals surface area contributed by atoms with E-state index in [1.54, 1.807) is 48.5 Å². The van der Waals surface area contributed by atoms with Crippen molar-refractivity contribution < 1.29 is 9.34 Å². The predicted octanol–water partition coefficient (Wildman–Crippen LogP) is 5.10. The van der Waals surface area contributed by atoms with Crippen LogP contribution in [0.2, 0.25) is 0 Å². The van der Waals surface area contributed by atoms with Crippen LogP contribution < -0.4 is 0 Å². The first-order valence-corrected chi connectivity index (χ1v) is 7.99. The van der Waals surface area contributed by atoms with Crippen LogP contribution in [-0.4, -0.2) is 4.92 Å². The number of non-ortho nitro benzene ring substituents is 1. The zero-order valence-corrected chi connectivity index (χ0v) is 14.3. The summed E-state index contributed by atoms with van der Waals surface area (Å²) < 4.78 is 5.78. The number of hydrogen-bond donors (Lipinski definition) is 0. The second kappa shape index (κ2) is 7.38. The van der Waals surface area contributed by atoms with E-state index >= 15 is 0 Å². The lowest BCUT2D eigenvalue weighted by Gasteiger charge is -2.02. The quantitative estimate of drug-likeness (QED) is 0.368. The smallest absolute Gasteiger partial charge is 0.270 e. The normalized spacial score (nSPS) is 10.9. The van der Waals surface area contributed by atoms with Crippen LogP contribution in [0.3, 0.4) is 0 Å². The van der Waals surface area contributed by atoms with Crippen molar-refractivity contribution in [1.82, 2.24) is 0 Å². The van der Waals surface area contributed by atoms with E-state index in [1.165, 1.54) is 12.1 Å². The number of benzene rings is 2. The van der Waals surface area contributed by atoms with Crippen LogP contribution in [0.25, 0.3) is 23.0 Å². The molecule has 0 unspecified atom stereocenters. The van der Waals surface area contributed by atoms with E-state index in [0.29, 0.717) is 33.8 Å². The summed E-state index contributed by atoms with van der Waals surface area (Å²) >= 11 is 0. The number of aryl methyl sites for hydroxylation is 1. The highest BCUT2D eigenvalue weighted by Gasteiger charge is 2.13. The minimum absolute atomic E-state index is 0.0184. The second-order valence-electron chi connectivity index (χ2n) is 5.82. The SMILES string of the molecule is Cc1ccc([N+](=O)[O-])cc1-c1ccc(/C=C(/C#N)c2cccc(C#N)c2)o1. The number of allylic oxidation sites excluding steroid dienone is 1. The molecule has 3 rings (SSSR count). The van der Waals surface area contributed by atoms with Crippen LogP contribution in [-0.2, 0) is 0 Å². The minimum atomic E-state index is -0.456. The molecule has 2 aromatic carbocycles. The zero-order chi connectivity index (χ0) is 19.4. The summed E-state index contributed by atoms with van der Waals surface area (Å²) in [4.78, 5) is 10.5. The molecule has 0 atom stereocenters. The molecule has 27 heavy (non-hydrogen) atoms. The third kappa shape index (κ3) is 3.76. The van der Waals surface area contributed by atoms with Gasteiger partial charge in [-0.2, -0.15) is 10.5 Å². The third-order valence-corrected chi connectivity index (χ3v) is 4.03. The first kappa shape index (κ1) is 17.7. The van der Waals surface area contributed by atoms with Gasteiger partial charge in [0.2, 0.25) is 0 Å². The zero-order valence-electron chi connectivity index (χ0n) is 14.3. The Morgan fingerprint density at radius 3 is 2.67 bits per heavy atom. The predicted molar refractivity (Wildman–Crippen MR) is 100 cm³/mol. The van der Waals surface area contributed by atoms with Crippen molar-refractivity contribution in [2.24, 2.45) is 0 Å². The standard InChI is InChI=1S/C21H13N3O3/c1-14-5-6-18(24(25)26)11-20(14)21-8-7-19(27-21)10-17(13-23)16-4-2-3-15(9-16)12-22/h2-11H,1H3/b17-10-. The fraction of sp³-hybridized carbons (Fsp3) is 0.0476. The van der Waals surface area contributed by atoms with Crippen molar-refractivity contribution in [3.05, 3.63) is 87.2 Å². The largest absolute Gasteiger partial charge is 0.457 e. The number of nitriles is 2. The molecular weight excluding hydrogens is 342 g/mol. The Bertz CT molecular complexity index is 1140. The molecule has 6 heteroatoms. The van der Waals surface area contributed by atoms with Gasteiger partial charge in [-0.15, -0.1) is 0 Å². The second-order valence-corrected chi connectivity index (χ2v) is 5.82. The van der Waals surface area contributed by atoms with Gasteiger partial charge in [-0.1, -0.05) is 18.2 Å². The lowest BCUT2D eigenvalue weighted by molar-refractivity contribution is -0.384. The molecule has 0 N–H and O–H groups in total. The molecule has 0 aliphatic heterocycles. The Morgan fingerprint density at radius 1 is 1.15 bits per heavy atom. The number of nitro benzene ring substituents is 1. The Hall–Kier alpha value is -4.16. The van der Waals surface area contributed by atoms with E-state index < -0.39 is 4.92 Å². The van der Waals surface area contributed by atoms with Gasteiger partial charge >= 0.3 is 0 Å². The molecule has 0 spiro atoms. The number of hydrogen-bond acceptors (Lipinski definition) is 5. The fourth-order valence-corrected chi connectivity index (χ4v) is 2.64. The molecule has 1 heterocycles. The van der Waals surface area contributed by atoms with Crippen LogP contribution in [0.15, 0.2) is 59.0 Å². The van der Waals surface area contributed by atoms with E-state index in [-0.39, 0.29) is 5.69 Å². The van der Waals surface area contributed by atoms with Gasteiger partial charge in [0, 0.05) is 17.7 Å². The summed E-state index contributed by atoms with van der Waals surface area (Å²) in [5.74, 6) is 0.917. The summed E-state index contributed by atoms with van der Waals surface area (Å²) in [7, 11) is 0. The summed E-state index contributed by atoms with van der Waals surface area (Å²) in [5, 5.41) is 29.5. The fourth-order valence-electron chi connectivity index (χ4n) is 2.64. The monoisotopic (exact) mass is 355 g/mol. The topological polar surface area (TPSA) is 104 Å². The molecule has 0 aliphatic rings. The van der Waals surface area contributed by atoms with Gasteiger partial charge in [0.05, 0.1) is 28.2 Å². The lowest BCUT2D eigenvalue weighted by Crippen LogP contribution is -1.89. The molecule has 130 valence electrons. The maximum atomic E-state index is 11.0. The minimum Gasteiger partial charge on any atom is -0.457 e. The Labute approximate surface area is 155 Å². The molecule has 1 aromatic heterocycles. The van der Waals surface area contributed by atoms with Crippen molar-refractivity contribution >= 4 is 17.3 Å². The maximum absolute atomic E-state index is 11.0. The van der Waals surface area contributed by atoms with Crippen LogP contribution in [0.1, 0.15) is 22.5 Å². The molecule has 0 aliphatic carbocycles. The van der Waals surface area contributed by atoms with Crippen molar-refractivity contribution in [1.29, 1.82) is 10.5 Å². The van der Waals surface area contributed by atoms with Gasteiger partial charge in [0.25, 0.3) is 5.69 Å². The average molecular weight is 355 g/mol. The van der Waals surface area contributed by atoms with Crippen LogP contribution in [0.4, 0.5) is 5.69 Å². The van der Waals surface area contributed by atoms with Gasteiger partial charge in [0.15, 0.2) is 0 Å². The average Bonchev–Trinajstić information content (AvgIpc) is 3.14. The van der Waals surface area contributed by atoms with Gasteiger partial charge in [-0.05, 0) is 48.4 Å². The number of rotatable bonds is 4. The maximum Gasteiger partial charge on any atom is 0.270 e.